The zero-order valence-electron chi connectivity index (χ0n) is 13.8. The van der Waals surface area contributed by atoms with E-state index in [1.54, 1.807) is 5.43 Å². The molecule has 2 aromatic rings. The van der Waals surface area contributed by atoms with Crippen LogP contribution in [0.2, 0.25) is 0 Å². The van der Waals surface area contributed by atoms with Crippen LogP contribution in [0.1, 0.15) is 23.7 Å². The predicted octanol–water partition coefficient (Wildman–Crippen LogP) is 2.18. The van der Waals surface area contributed by atoms with Gasteiger partial charge in [0, 0.05) is 30.1 Å². The molecule has 0 aliphatic rings. The molecule has 0 bridgehead atoms. The molecule has 1 aromatic carbocycles. The van der Waals surface area contributed by atoms with E-state index in [-0.39, 0.29) is 0 Å². The minimum absolute atomic E-state index is 0.403. The molecule has 6 heteroatoms. The van der Waals surface area contributed by atoms with Gasteiger partial charge in [0.05, 0.1) is 0 Å². The molecule has 1 amide bonds. The molecule has 1 heterocycles. The van der Waals surface area contributed by atoms with E-state index < -0.39 is 0 Å². The van der Waals surface area contributed by atoms with Crippen LogP contribution in [0.5, 0.6) is 5.88 Å². The molecule has 0 saturated heterocycles. The van der Waals surface area contributed by atoms with Crippen molar-refractivity contribution < 1.29 is 9.53 Å². The highest BCUT2D eigenvalue weighted by Crippen LogP contribution is 2.21. The van der Waals surface area contributed by atoms with Gasteiger partial charge in [0.15, 0.2) is 0 Å². The van der Waals surface area contributed by atoms with Crippen molar-refractivity contribution in [3.05, 3.63) is 53.2 Å². The lowest BCUT2D eigenvalue weighted by atomic mass is 10.1. The molecule has 124 valence electrons. The van der Waals surface area contributed by atoms with E-state index in [9.17, 15) is 0 Å². The largest absolute Gasteiger partial charge is 0.473 e. The maximum atomic E-state index is 8.94. The quantitative estimate of drug-likeness (QED) is 0.329. The molecule has 0 unspecified atom stereocenters. The summed E-state index contributed by atoms with van der Waals surface area (Å²) in [7, 11) is 1.92. The number of nitrogens with two attached hydrogens (primary N) is 1. The number of carbonyl (C=O) groups is 1. The topological polar surface area (TPSA) is 89.3 Å². The Bertz CT molecular complexity index is 617. The van der Waals surface area contributed by atoms with E-state index in [1.807, 2.05) is 31.3 Å². The molecular weight excluding hydrogens is 292 g/mol. The number of pyridine rings is 1. The summed E-state index contributed by atoms with van der Waals surface area (Å²) in [5.41, 5.74) is 6.30. The summed E-state index contributed by atoms with van der Waals surface area (Å²) < 4.78 is 5.81. The van der Waals surface area contributed by atoms with Gasteiger partial charge in [-0.25, -0.2) is 10.8 Å². The Morgan fingerprint density at radius 3 is 2.57 bits per heavy atom. The Hall–Kier alpha value is -2.60. The fourth-order valence-corrected chi connectivity index (χ4v) is 2.01. The van der Waals surface area contributed by atoms with Crippen LogP contribution in [0.4, 0.5) is 5.69 Å². The number of hydrogen-bond acceptors (Lipinski definition) is 5. The summed E-state index contributed by atoms with van der Waals surface area (Å²) in [6, 6.07) is 12.1. The van der Waals surface area contributed by atoms with Crippen LogP contribution in [-0.2, 0) is 17.8 Å². The Balaban J connectivity index is 0.000000593. The number of amides is 1. The van der Waals surface area contributed by atoms with Gasteiger partial charge in [-0.05, 0) is 31.0 Å². The first kappa shape index (κ1) is 18.4. The second-order valence-electron chi connectivity index (χ2n) is 4.74. The van der Waals surface area contributed by atoms with Gasteiger partial charge in [-0.3, -0.25) is 10.2 Å². The summed E-state index contributed by atoms with van der Waals surface area (Å²) in [6.45, 7) is 4.71. The molecule has 0 aliphatic carbocycles. The normalized spacial score (nSPS) is 9.39. The van der Waals surface area contributed by atoms with Gasteiger partial charge in [-0.15, -0.1) is 0 Å². The van der Waals surface area contributed by atoms with Crippen LogP contribution in [0.15, 0.2) is 36.4 Å². The van der Waals surface area contributed by atoms with Gasteiger partial charge in [-0.2, -0.15) is 0 Å². The Kier molecular flexibility index (Phi) is 8.17. The minimum Gasteiger partial charge on any atom is -0.473 e. The lowest BCUT2D eigenvalue weighted by Gasteiger charge is -2.13. The van der Waals surface area contributed by atoms with E-state index >= 15 is 0 Å². The van der Waals surface area contributed by atoms with Gasteiger partial charge in [-0.1, -0.05) is 25.1 Å². The van der Waals surface area contributed by atoms with Crippen molar-refractivity contribution in [1.29, 1.82) is 0 Å². The second-order valence-corrected chi connectivity index (χ2v) is 4.74. The van der Waals surface area contributed by atoms with Gasteiger partial charge >= 0.3 is 0 Å². The summed E-state index contributed by atoms with van der Waals surface area (Å²) in [6.07, 6.45) is 1.32. The third-order valence-electron chi connectivity index (χ3n) is 3.26. The number of hydrazine groups is 1. The SMILES string of the molecule is CCc1cccc(OCc2c(C)cccc2NC)n1.NNC=O. The first-order chi connectivity index (χ1) is 11.2. The summed E-state index contributed by atoms with van der Waals surface area (Å²) in [5.74, 6) is 5.09. The van der Waals surface area contributed by atoms with Crippen molar-refractivity contribution >= 4 is 12.1 Å². The monoisotopic (exact) mass is 316 g/mol. The average Bonchev–Trinajstić information content (AvgIpc) is 2.60. The minimum atomic E-state index is 0.403. The van der Waals surface area contributed by atoms with Gasteiger partial charge in [0.25, 0.3) is 0 Å². The highest BCUT2D eigenvalue weighted by atomic mass is 16.5. The van der Waals surface area contributed by atoms with Crippen LogP contribution in [-0.4, -0.2) is 18.4 Å². The number of carbonyl (C=O) groups excluding carboxylic acids is 1. The number of nitrogens with zero attached hydrogens (tertiary/aromatic N) is 1. The summed E-state index contributed by atoms with van der Waals surface area (Å²) in [5, 5.41) is 3.19. The van der Waals surface area contributed by atoms with E-state index in [0.717, 1.165) is 17.8 Å². The van der Waals surface area contributed by atoms with Crippen molar-refractivity contribution in [2.45, 2.75) is 26.9 Å². The lowest BCUT2D eigenvalue weighted by molar-refractivity contribution is -0.109. The molecule has 0 aliphatic heterocycles. The molecule has 0 radical (unpaired) electrons. The summed E-state index contributed by atoms with van der Waals surface area (Å²) in [4.78, 5) is 13.4. The molecule has 23 heavy (non-hydrogen) atoms. The first-order valence-corrected chi connectivity index (χ1v) is 7.41. The van der Waals surface area contributed by atoms with E-state index in [4.69, 9.17) is 9.53 Å². The Labute approximate surface area is 137 Å². The molecule has 0 atom stereocenters. The van der Waals surface area contributed by atoms with Crippen molar-refractivity contribution in [3.8, 4) is 5.88 Å². The third kappa shape index (κ3) is 5.96. The van der Waals surface area contributed by atoms with Crippen LogP contribution < -0.4 is 21.3 Å². The number of aromatic nitrogens is 1. The van der Waals surface area contributed by atoms with Gasteiger partial charge in [0.2, 0.25) is 12.3 Å². The molecule has 4 N–H and O–H groups in total. The first-order valence-electron chi connectivity index (χ1n) is 7.41. The molecule has 1 aromatic heterocycles. The van der Waals surface area contributed by atoms with Gasteiger partial charge in [0.1, 0.15) is 6.61 Å². The Morgan fingerprint density at radius 1 is 1.26 bits per heavy atom. The number of anilines is 1. The standard InChI is InChI=1S/C16H20N2O.CH4N2O/c1-4-13-8-6-10-16(18-13)19-11-14-12(2)7-5-9-15(14)17-3;2-3-1-4/h5-10,17H,4,11H2,1-3H3;1H,2H2,(H,3,4). The van der Waals surface area contributed by atoms with Gasteiger partial charge < -0.3 is 10.1 Å². The maximum absolute atomic E-state index is 8.94. The molecule has 2 rings (SSSR count). The summed E-state index contributed by atoms with van der Waals surface area (Å²) >= 11 is 0. The Morgan fingerprint density at radius 2 is 1.96 bits per heavy atom. The van der Waals surface area contributed by atoms with Crippen LogP contribution >= 0.6 is 0 Å². The highest BCUT2D eigenvalue weighted by Gasteiger charge is 2.06. The van der Waals surface area contributed by atoms with E-state index in [0.29, 0.717) is 18.9 Å². The average molecular weight is 316 g/mol. The molecule has 0 fully saturated rings. The van der Waals surface area contributed by atoms with Crippen molar-refractivity contribution in [1.82, 2.24) is 10.4 Å². The molecule has 0 saturated carbocycles. The maximum Gasteiger partial charge on any atom is 0.221 e. The number of aryl methyl sites for hydroxylation is 2. The van der Waals surface area contributed by atoms with E-state index in [2.05, 4.69) is 42.1 Å². The fourth-order valence-electron chi connectivity index (χ4n) is 2.01. The number of nitrogens with one attached hydrogen (secondary N) is 2. The molecular formula is C17H24N4O2. The highest BCUT2D eigenvalue weighted by molar-refractivity contribution is 5.53. The second kappa shape index (κ2) is 10.2. The smallest absolute Gasteiger partial charge is 0.221 e. The van der Waals surface area contributed by atoms with Crippen molar-refractivity contribution in [2.75, 3.05) is 12.4 Å². The third-order valence-corrected chi connectivity index (χ3v) is 3.26. The number of hydrogen-bond donors (Lipinski definition) is 3. The van der Waals surface area contributed by atoms with Crippen LogP contribution in [0, 0.1) is 6.92 Å². The lowest BCUT2D eigenvalue weighted by Crippen LogP contribution is -2.18. The van der Waals surface area contributed by atoms with Crippen molar-refractivity contribution in [3.63, 3.8) is 0 Å². The zero-order chi connectivity index (χ0) is 17.1. The molecule has 0 spiro atoms. The number of ether oxygens (including phenoxy) is 1. The van der Waals surface area contributed by atoms with Crippen LogP contribution in [0.3, 0.4) is 0 Å². The number of benzene rings is 1. The van der Waals surface area contributed by atoms with Crippen LogP contribution in [0.25, 0.3) is 0 Å². The fraction of sp³-hybridized carbons (Fsp3) is 0.294. The zero-order valence-corrected chi connectivity index (χ0v) is 13.8. The van der Waals surface area contributed by atoms with E-state index in [1.165, 1.54) is 11.1 Å². The molecule has 6 nitrogen and oxygen atoms in total. The van der Waals surface area contributed by atoms with Crippen molar-refractivity contribution in [2.24, 2.45) is 5.84 Å². The number of rotatable bonds is 6. The predicted molar refractivity (Wildman–Crippen MR) is 92.1 cm³/mol.